The van der Waals surface area contributed by atoms with Gasteiger partial charge in [0.2, 0.25) is 0 Å². The van der Waals surface area contributed by atoms with Gasteiger partial charge in [-0.1, -0.05) is 13.3 Å². The van der Waals surface area contributed by atoms with Crippen LogP contribution in [0.1, 0.15) is 19.8 Å². The number of hydrogen-bond donors (Lipinski definition) is 0. The Labute approximate surface area is 56.6 Å². The van der Waals surface area contributed by atoms with E-state index >= 15 is 0 Å². The highest BCUT2D eigenvalue weighted by molar-refractivity contribution is 5.56. The van der Waals surface area contributed by atoms with Gasteiger partial charge in [0.1, 0.15) is 0 Å². The molecule has 0 saturated heterocycles. The van der Waals surface area contributed by atoms with Gasteiger partial charge < -0.3 is 4.90 Å². The summed E-state index contributed by atoms with van der Waals surface area (Å²) < 4.78 is 0. The molecule has 1 radical (unpaired) electrons. The molecule has 0 fully saturated rings. The number of rotatable bonds is 3. The van der Waals surface area contributed by atoms with Crippen LogP contribution in [0, 0.1) is 0 Å². The summed E-state index contributed by atoms with van der Waals surface area (Å²) in [6, 6.07) is 0. The molecule has 2 heteroatoms. The molecule has 9 heavy (non-hydrogen) atoms. The quantitative estimate of drug-likeness (QED) is 0.549. The van der Waals surface area contributed by atoms with E-state index < -0.39 is 0 Å². The Balaban J connectivity index is 2.05. The average Bonchev–Trinajstić information content (AvgIpc) is 2.34. The van der Waals surface area contributed by atoms with Crippen LogP contribution in [0.3, 0.4) is 0 Å². The fraction of sp³-hybridized carbons (Fsp3) is 0.857. The van der Waals surface area contributed by atoms with E-state index in [2.05, 4.69) is 23.2 Å². The van der Waals surface area contributed by atoms with Gasteiger partial charge in [-0.05, 0) is 6.42 Å². The van der Waals surface area contributed by atoms with Gasteiger partial charge in [0, 0.05) is 13.1 Å². The molecular formula is C7H13N2. The Bertz CT molecular complexity index is 99.1. The van der Waals surface area contributed by atoms with Crippen molar-refractivity contribution in [3.05, 3.63) is 0 Å². The van der Waals surface area contributed by atoms with Crippen LogP contribution >= 0.6 is 0 Å². The minimum absolute atomic E-state index is 0.948. The molecular weight excluding hydrogens is 112 g/mol. The van der Waals surface area contributed by atoms with Crippen LogP contribution in [0.25, 0.3) is 0 Å². The van der Waals surface area contributed by atoms with Crippen molar-refractivity contribution in [3.8, 4) is 0 Å². The first kappa shape index (κ1) is 6.59. The molecule has 1 aliphatic rings. The average molecular weight is 125 g/mol. The Morgan fingerprint density at radius 3 is 3.11 bits per heavy atom. The molecule has 0 amide bonds. The largest absolute Gasteiger partial charge is 0.352 e. The maximum atomic E-state index is 3.99. The van der Waals surface area contributed by atoms with E-state index in [0.29, 0.717) is 0 Å². The lowest BCUT2D eigenvalue weighted by Gasteiger charge is -2.10. The summed E-state index contributed by atoms with van der Waals surface area (Å²) in [6.45, 7) is 5.37. The van der Waals surface area contributed by atoms with Crippen LogP contribution in [-0.4, -0.2) is 30.9 Å². The van der Waals surface area contributed by atoms with Crippen LogP contribution in [0.5, 0.6) is 0 Å². The lowest BCUT2D eigenvalue weighted by Crippen LogP contribution is -2.20. The number of aliphatic imine (C=N–C) groups is 1. The summed E-state index contributed by atoms with van der Waals surface area (Å²) in [5.41, 5.74) is 0. The third kappa shape index (κ3) is 2.04. The summed E-state index contributed by atoms with van der Waals surface area (Å²) in [5.74, 6) is 0. The third-order valence-electron chi connectivity index (χ3n) is 1.48. The second-order valence-electron chi connectivity index (χ2n) is 2.32. The lowest BCUT2D eigenvalue weighted by molar-refractivity contribution is 0.452. The molecule has 0 aliphatic carbocycles. The zero-order valence-corrected chi connectivity index (χ0v) is 5.93. The van der Waals surface area contributed by atoms with Crippen molar-refractivity contribution in [1.29, 1.82) is 0 Å². The Morgan fingerprint density at radius 1 is 1.67 bits per heavy atom. The van der Waals surface area contributed by atoms with Crippen LogP contribution in [0.4, 0.5) is 0 Å². The molecule has 0 N–H and O–H groups in total. The van der Waals surface area contributed by atoms with Crippen LogP contribution in [-0.2, 0) is 0 Å². The van der Waals surface area contributed by atoms with E-state index in [0.717, 1.165) is 19.6 Å². The predicted molar refractivity (Wildman–Crippen MR) is 38.8 cm³/mol. The molecule has 0 spiro atoms. The van der Waals surface area contributed by atoms with Gasteiger partial charge in [0.15, 0.2) is 6.34 Å². The van der Waals surface area contributed by atoms with E-state index in [1.54, 1.807) is 0 Å². The molecule has 0 bridgehead atoms. The van der Waals surface area contributed by atoms with E-state index in [9.17, 15) is 0 Å². The van der Waals surface area contributed by atoms with Gasteiger partial charge >= 0.3 is 0 Å². The molecule has 1 heterocycles. The van der Waals surface area contributed by atoms with Crippen molar-refractivity contribution in [2.24, 2.45) is 4.99 Å². The summed E-state index contributed by atoms with van der Waals surface area (Å²) in [6.07, 6.45) is 5.48. The maximum absolute atomic E-state index is 3.99. The Morgan fingerprint density at radius 2 is 2.56 bits per heavy atom. The van der Waals surface area contributed by atoms with Crippen LogP contribution in [0.15, 0.2) is 4.99 Å². The maximum Gasteiger partial charge on any atom is 0.167 e. The highest BCUT2D eigenvalue weighted by Crippen LogP contribution is 1.96. The zero-order chi connectivity index (χ0) is 6.53. The molecule has 1 rings (SSSR count). The highest BCUT2D eigenvalue weighted by atomic mass is 15.2. The van der Waals surface area contributed by atoms with E-state index in [1.807, 2.05) is 0 Å². The summed E-state index contributed by atoms with van der Waals surface area (Å²) >= 11 is 0. The molecule has 0 saturated carbocycles. The Hall–Kier alpha value is -0.530. The van der Waals surface area contributed by atoms with Gasteiger partial charge in [-0.15, -0.1) is 0 Å². The van der Waals surface area contributed by atoms with Crippen LogP contribution in [0.2, 0.25) is 0 Å². The molecule has 0 aromatic heterocycles. The smallest absolute Gasteiger partial charge is 0.167 e. The molecule has 0 unspecified atom stereocenters. The monoisotopic (exact) mass is 125 g/mol. The number of hydrogen-bond acceptors (Lipinski definition) is 2. The second-order valence-corrected chi connectivity index (χ2v) is 2.32. The SMILES string of the molecule is CCCCN1[C]=NCC1. The van der Waals surface area contributed by atoms with Crippen LogP contribution < -0.4 is 0 Å². The lowest BCUT2D eigenvalue weighted by atomic mass is 10.3. The van der Waals surface area contributed by atoms with Gasteiger partial charge in [-0.3, -0.25) is 4.99 Å². The fourth-order valence-electron chi connectivity index (χ4n) is 0.881. The molecule has 0 aromatic rings. The minimum atomic E-state index is 0.948. The Kier molecular flexibility index (Phi) is 2.55. The molecule has 51 valence electrons. The van der Waals surface area contributed by atoms with Crippen molar-refractivity contribution < 1.29 is 0 Å². The predicted octanol–water partition coefficient (Wildman–Crippen LogP) is 1.01. The van der Waals surface area contributed by atoms with Gasteiger partial charge in [0.25, 0.3) is 0 Å². The van der Waals surface area contributed by atoms with Crippen molar-refractivity contribution in [2.75, 3.05) is 19.6 Å². The van der Waals surface area contributed by atoms with E-state index in [4.69, 9.17) is 0 Å². The van der Waals surface area contributed by atoms with Gasteiger partial charge in [-0.25, -0.2) is 0 Å². The molecule has 0 atom stereocenters. The van der Waals surface area contributed by atoms with Crippen molar-refractivity contribution in [1.82, 2.24) is 4.90 Å². The van der Waals surface area contributed by atoms with Crippen molar-refractivity contribution >= 4 is 6.34 Å². The normalized spacial score (nSPS) is 17.2. The summed E-state index contributed by atoms with van der Waals surface area (Å²) in [5, 5.41) is 0. The first-order chi connectivity index (χ1) is 4.43. The topological polar surface area (TPSA) is 15.6 Å². The zero-order valence-electron chi connectivity index (χ0n) is 5.93. The van der Waals surface area contributed by atoms with E-state index in [1.165, 1.54) is 12.8 Å². The summed E-state index contributed by atoms with van der Waals surface area (Å²) in [7, 11) is 0. The van der Waals surface area contributed by atoms with Crippen molar-refractivity contribution in [3.63, 3.8) is 0 Å². The molecule has 1 aliphatic heterocycles. The standard InChI is InChI=1S/C7H13N2/c1-2-3-5-9-6-4-8-7-9/h2-6H2,1H3. The van der Waals surface area contributed by atoms with Gasteiger partial charge in [-0.2, -0.15) is 0 Å². The third-order valence-corrected chi connectivity index (χ3v) is 1.48. The molecule has 2 nitrogen and oxygen atoms in total. The van der Waals surface area contributed by atoms with Crippen molar-refractivity contribution in [2.45, 2.75) is 19.8 Å². The second kappa shape index (κ2) is 3.49. The number of nitrogens with zero attached hydrogens (tertiary/aromatic N) is 2. The van der Waals surface area contributed by atoms with E-state index in [-0.39, 0.29) is 0 Å². The first-order valence-corrected chi connectivity index (χ1v) is 3.60. The summed E-state index contributed by atoms with van der Waals surface area (Å²) in [4.78, 5) is 6.15. The first-order valence-electron chi connectivity index (χ1n) is 3.60. The van der Waals surface area contributed by atoms with Gasteiger partial charge in [0.05, 0.1) is 6.54 Å². The fourth-order valence-corrected chi connectivity index (χ4v) is 0.881. The highest BCUT2D eigenvalue weighted by Gasteiger charge is 2.03. The number of unbranched alkanes of at least 4 members (excludes halogenated alkanes) is 1. The molecule has 0 aromatic carbocycles. The minimum Gasteiger partial charge on any atom is -0.352 e.